The number of nitrogens with two attached hydrogens (primary N) is 1. The van der Waals surface area contributed by atoms with Gasteiger partial charge in [-0.15, -0.1) is 0 Å². The minimum atomic E-state index is -0.172. The Kier molecular flexibility index (Phi) is 3.08. The fraction of sp³-hybridized carbons (Fsp3) is 0.647. The van der Waals surface area contributed by atoms with Gasteiger partial charge in [0.2, 0.25) is 0 Å². The lowest BCUT2D eigenvalue weighted by molar-refractivity contribution is -0.0525. The lowest BCUT2D eigenvalue weighted by atomic mass is 9.50. The Morgan fingerprint density at radius 2 is 1.50 bits per heavy atom. The van der Waals surface area contributed by atoms with Crippen LogP contribution < -0.4 is 11.3 Å². The van der Waals surface area contributed by atoms with E-state index in [1.165, 1.54) is 32.1 Å². The molecule has 0 heterocycles. The normalized spacial score (nSPS) is 40.0. The zero-order valence-electron chi connectivity index (χ0n) is 11.8. The van der Waals surface area contributed by atoms with Gasteiger partial charge in [0.15, 0.2) is 0 Å². The zero-order valence-corrected chi connectivity index (χ0v) is 11.8. The summed E-state index contributed by atoms with van der Waals surface area (Å²) in [5.74, 6) is 9.92. The van der Waals surface area contributed by atoms with E-state index in [9.17, 15) is 4.39 Å². The predicted octanol–water partition coefficient (Wildman–Crippen LogP) is 3.40. The van der Waals surface area contributed by atoms with Crippen LogP contribution >= 0.6 is 0 Å². The largest absolute Gasteiger partial charge is 0.271 e. The van der Waals surface area contributed by atoms with Crippen molar-refractivity contribution in [3.8, 4) is 0 Å². The average molecular weight is 274 g/mol. The van der Waals surface area contributed by atoms with Gasteiger partial charge in [-0.2, -0.15) is 0 Å². The summed E-state index contributed by atoms with van der Waals surface area (Å²) < 4.78 is 13.1. The van der Waals surface area contributed by atoms with E-state index < -0.39 is 0 Å². The van der Waals surface area contributed by atoms with Gasteiger partial charge in [0.25, 0.3) is 0 Å². The molecule has 0 spiro atoms. The number of halogens is 1. The first kappa shape index (κ1) is 12.8. The smallest absolute Gasteiger partial charge is 0.123 e. The average Bonchev–Trinajstić information content (AvgIpc) is 2.43. The van der Waals surface area contributed by atoms with Crippen LogP contribution in [0.15, 0.2) is 24.3 Å². The van der Waals surface area contributed by atoms with E-state index in [1.807, 2.05) is 12.1 Å². The molecule has 1 aromatic carbocycles. The first-order valence-corrected chi connectivity index (χ1v) is 7.96. The van der Waals surface area contributed by atoms with Crippen LogP contribution in [0.1, 0.15) is 43.7 Å². The van der Waals surface area contributed by atoms with Crippen LogP contribution in [0.5, 0.6) is 0 Å². The molecule has 108 valence electrons. The Balaban J connectivity index is 1.63. The third kappa shape index (κ3) is 1.99. The van der Waals surface area contributed by atoms with E-state index >= 15 is 0 Å². The standard InChI is InChI=1S/C17H23FN2/c18-15-3-1-12(2-4-15)17(20-19)16-13-6-10-5-11(8-13)9-14(16)7-10/h1-4,10-11,13-14,16-17,20H,5-9,19H2. The van der Waals surface area contributed by atoms with Gasteiger partial charge >= 0.3 is 0 Å². The lowest BCUT2D eigenvalue weighted by Crippen LogP contribution is -2.50. The van der Waals surface area contributed by atoms with Crippen LogP contribution in [-0.4, -0.2) is 0 Å². The lowest BCUT2D eigenvalue weighted by Gasteiger charge is -2.56. The molecule has 1 atom stereocenters. The van der Waals surface area contributed by atoms with Gasteiger partial charge in [0.1, 0.15) is 5.82 Å². The first-order chi connectivity index (χ1) is 9.74. The van der Waals surface area contributed by atoms with Crippen molar-refractivity contribution in [1.82, 2.24) is 5.43 Å². The van der Waals surface area contributed by atoms with E-state index in [0.29, 0.717) is 5.92 Å². The van der Waals surface area contributed by atoms with Crippen LogP contribution in [0.3, 0.4) is 0 Å². The van der Waals surface area contributed by atoms with Crippen molar-refractivity contribution >= 4 is 0 Å². The highest BCUT2D eigenvalue weighted by Crippen LogP contribution is 2.59. The fourth-order valence-electron chi connectivity index (χ4n) is 5.61. The Bertz CT molecular complexity index is 456. The van der Waals surface area contributed by atoms with Crippen LogP contribution in [0.25, 0.3) is 0 Å². The van der Waals surface area contributed by atoms with Crippen LogP contribution in [0.4, 0.5) is 4.39 Å². The minimum absolute atomic E-state index is 0.172. The van der Waals surface area contributed by atoms with Gasteiger partial charge < -0.3 is 0 Å². The molecule has 2 nitrogen and oxygen atoms in total. The predicted molar refractivity (Wildman–Crippen MR) is 77.0 cm³/mol. The summed E-state index contributed by atoms with van der Waals surface area (Å²) >= 11 is 0. The quantitative estimate of drug-likeness (QED) is 0.655. The number of hydrogen-bond donors (Lipinski definition) is 2. The number of hydrazine groups is 1. The molecule has 4 aliphatic carbocycles. The molecule has 3 heteroatoms. The Morgan fingerprint density at radius 1 is 0.950 bits per heavy atom. The van der Waals surface area contributed by atoms with Crippen LogP contribution in [0, 0.1) is 35.4 Å². The molecular formula is C17H23FN2. The number of benzene rings is 1. The summed E-state index contributed by atoms with van der Waals surface area (Å²) in [6.45, 7) is 0. The minimum Gasteiger partial charge on any atom is -0.271 e. The highest BCUT2D eigenvalue weighted by Gasteiger charge is 2.50. The third-order valence-electron chi connectivity index (χ3n) is 6.09. The second-order valence-corrected chi connectivity index (χ2v) is 7.20. The third-order valence-corrected chi connectivity index (χ3v) is 6.09. The molecule has 4 bridgehead atoms. The molecule has 0 aliphatic heterocycles. The molecule has 0 aromatic heterocycles. The van der Waals surface area contributed by atoms with Crippen LogP contribution in [0.2, 0.25) is 0 Å². The molecule has 0 radical (unpaired) electrons. The molecule has 4 saturated carbocycles. The molecule has 1 unspecified atom stereocenters. The molecular weight excluding hydrogens is 251 g/mol. The molecule has 3 N–H and O–H groups in total. The number of rotatable bonds is 3. The molecule has 0 amide bonds. The van der Waals surface area contributed by atoms with E-state index in [2.05, 4.69) is 5.43 Å². The number of nitrogens with one attached hydrogen (secondary N) is 1. The maximum atomic E-state index is 13.1. The maximum absolute atomic E-state index is 13.1. The molecule has 5 rings (SSSR count). The van der Waals surface area contributed by atoms with Crippen molar-refractivity contribution in [3.63, 3.8) is 0 Å². The maximum Gasteiger partial charge on any atom is 0.123 e. The van der Waals surface area contributed by atoms with Crippen molar-refractivity contribution in [2.75, 3.05) is 0 Å². The summed E-state index contributed by atoms with van der Waals surface area (Å²) in [7, 11) is 0. The monoisotopic (exact) mass is 274 g/mol. The van der Waals surface area contributed by atoms with E-state index in [1.54, 1.807) is 12.1 Å². The summed E-state index contributed by atoms with van der Waals surface area (Å²) in [4.78, 5) is 0. The molecule has 20 heavy (non-hydrogen) atoms. The second-order valence-electron chi connectivity index (χ2n) is 7.20. The van der Waals surface area contributed by atoms with Crippen molar-refractivity contribution in [2.45, 2.75) is 38.1 Å². The van der Waals surface area contributed by atoms with Gasteiger partial charge in [0.05, 0.1) is 0 Å². The van der Waals surface area contributed by atoms with Gasteiger partial charge in [-0.1, -0.05) is 12.1 Å². The van der Waals surface area contributed by atoms with Gasteiger partial charge in [-0.05, 0) is 79.4 Å². The van der Waals surface area contributed by atoms with Crippen LogP contribution in [-0.2, 0) is 0 Å². The van der Waals surface area contributed by atoms with Gasteiger partial charge in [-0.3, -0.25) is 11.3 Å². The SMILES string of the molecule is NNC(c1ccc(F)cc1)C1C2CC3CC(C2)CC1C3. The Hall–Kier alpha value is -0.930. The summed E-state index contributed by atoms with van der Waals surface area (Å²) in [5.41, 5.74) is 4.19. The van der Waals surface area contributed by atoms with E-state index in [4.69, 9.17) is 5.84 Å². The molecule has 1 aromatic rings. The van der Waals surface area contributed by atoms with Gasteiger partial charge in [0, 0.05) is 6.04 Å². The molecule has 4 aliphatic rings. The molecule has 4 fully saturated rings. The summed E-state index contributed by atoms with van der Waals surface area (Å²) in [5, 5.41) is 0. The van der Waals surface area contributed by atoms with Crippen molar-refractivity contribution < 1.29 is 4.39 Å². The summed E-state index contributed by atoms with van der Waals surface area (Å²) in [6.07, 6.45) is 7.01. The Labute approximate surface area is 119 Å². The highest BCUT2D eigenvalue weighted by molar-refractivity contribution is 5.22. The number of hydrogen-bond acceptors (Lipinski definition) is 2. The highest BCUT2D eigenvalue weighted by atomic mass is 19.1. The van der Waals surface area contributed by atoms with Crippen molar-refractivity contribution in [1.29, 1.82) is 0 Å². The van der Waals surface area contributed by atoms with E-state index in [-0.39, 0.29) is 11.9 Å². The van der Waals surface area contributed by atoms with Crippen molar-refractivity contribution in [2.24, 2.45) is 35.4 Å². The Morgan fingerprint density at radius 3 is 2.00 bits per heavy atom. The topological polar surface area (TPSA) is 38.0 Å². The van der Waals surface area contributed by atoms with Crippen molar-refractivity contribution in [3.05, 3.63) is 35.6 Å². The van der Waals surface area contributed by atoms with Gasteiger partial charge in [-0.25, -0.2) is 4.39 Å². The molecule has 0 saturated heterocycles. The second kappa shape index (κ2) is 4.81. The fourth-order valence-corrected chi connectivity index (χ4v) is 5.61. The van der Waals surface area contributed by atoms with E-state index in [0.717, 1.165) is 29.2 Å². The zero-order chi connectivity index (χ0) is 13.7. The first-order valence-electron chi connectivity index (χ1n) is 7.96. The summed E-state index contributed by atoms with van der Waals surface area (Å²) in [6, 6.07) is 7.08.